The molecule has 1 aliphatic heterocycles. The molecule has 0 aromatic carbocycles. The molecule has 0 N–H and O–H groups in total. The Labute approximate surface area is 108 Å². The molecule has 1 heterocycles. The van der Waals surface area contributed by atoms with Crippen LogP contribution in [0.25, 0.3) is 0 Å². The number of carbonyl (C=O) groups excluding carboxylic acids is 1. The lowest BCUT2D eigenvalue weighted by Gasteiger charge is -2.51. The van der Waals surface area contributed by atoms with Crippen LogP contribution in [-0.4, -0.2) is 17.5 Å². The Bertz CT molecular complexity index is 423. The first-order valence-electron chi connectivity index (χ1n) is 6.95. The second-order valence-corrected chi connectivity index (χ2v) is 6.81. The van der Waals surface area contributed by atoms with Gasteiger partial charge in [0.05, 0.1) is 0 Å². The summed E-state index contributed by atoms with van der Waals surface area (Å²) in [6.07, 6.45) is 4.73. The van der Waals surface area contributed by atoms with E-state index in [1.54, 1.807) is 0 Å². The molecule has 0 bridgehead atoms. The maximum atomic E-state index is 12.3. The molecular formula is C15H22O3. The van der Waals surface area contributed by atoms with Crippen molar-refractivity contribution >= 4 is 5.78 Å². The van der Waals surface area contributed by atoms with Crippen LogP contribution in [0.1, 0.15) is 47.0 Å². The van der Waals surface area contributed by atoms with Crippen molar-refractivity contribution in [3.05, 3.63) is 11.6 Å². The summed E-state index contributed by atoms with van der Waals surface area (Å²) in [7, 11) is 0. The van der Waals surface area contributed by atoms with Crippen molar-refractivity contribution in [1.82, 2.24) is 0 Å². The zero-order chi connectivity index (χ0) is 13.1. The third-order valence-electron chi connectivity index (χ3n) is 5.39. The van der Waals surface area contributed by atoms with Gasteiger partial charge in [0.1, 0.15) is 11.7 Å². The number of hydrogen-bond donors (Lipinski definition) is 0. The number of ketones is 1. The molecule has 4 atom stereocenters. The van der Waals surface area contributed by atoms with Crippen LogP contribution in [-0.2, 0) is 14.6 Å². The SMILES string of the molecule is C[C@H]1CCC=C2C(=O)C[C@@H]3OOC(C)(C)[C@H]3[C@]21C. The number of carbonyl (C=O) groups is 1. The highest BCUT2D eigenvalue weighted by Crippen LogP contribution is 2.59. The van der Waals surface area contributed by atoms with Crippen LogP contribution >= 0.6 is 0 Å². The second-order valence-electron chi connectivity index (χ2n) is 6.81. The van der Waals surface area contributed by atoms with E-state index in [-0.39, 0.29) is 28.8 Å². The van der Waals surface area contributed by atoms with E-state index >= 15 is 0 Å². The molecular weight excluding hydrogens is 228 g/mol. The minimum Gasteiger partial charge on any atom is -0.294 e. The molecule has 0 unspecified atom stereocenters. The average Bonchev–Trinajstić information content (AvgIpc) is 2.58. The van der Waals surface area contributed by atoms with E-state index in [0.29, 0.717) is 12.3 Å². The summed E-state index contributed by atoms with van der Waals surface area (Å²) in [4.78, 5) is 23.3. The Morgan fingerprint density at radius 1 is 1.33 bits per heavy atom. The Balaban J connectivity index is 2.13. The van der Waals surface area contributed by atoms with Crippen molar-refractivity contribution in [1.29, 1.82) is 0 Å². The molecule has 0 aromatic rings. The summed E-state index contributed by atoms with van der Waals surface area (Å²) >= 11 is 0. The van der Waals surface area contributed by atoms with E-state index in [1.807, 2.05) is 0 Å². The van der Waals surface area contributed by atoms with Gasteiger partial charge in [0, 0.05) is 17.8 Å². The maximum Gasteiger partial charge on any atom is 0.161 e. The van der Waals surface area contributed by atoms with Crippen LogP contribution in [0.15, 0.2) is 11.6 Å². The quantitative estimate of drug-likeness (QED) is 0.620. The fraction of sp³-hybridized carbons (Fsp3) is 0.800. The summed E-state index contributed by atoms with van der Waals surface area (Å²) < 4.78 is 0. The van der Waals surface area contributed by atoms with Gasteiger partial charge in [0.2, 0.25) is 0 Å². The van der Waals surface area contributed by atoms with Gasteiger partial charge in [-0.1, -0.05) is 19.9 Å². The molecule has 0 spiro atoms. The Hall–Kier alpha value is -0.670. The molecule has 3 heteroatoms. The molecule has 0 radical (unpaired) electrons. The van der Waals surface area contributed by atoms with E-state index in [2.05, 4.69) is 33.8 Å². The highest BCUT2D eigenvalue weighted by Gasteiger charge is 2.62. The molecule has 3 nitrogen and oxygen atoms in total. The normalized spacial score (nSPS) is 46.3. The first-order chi connectivity index (χ1) is 8.37. The predicted molar refractivity (Wildman–Crippen MR) is 67.7 cm³/mol. The van der Waals surface area contributed by atoms with Gasteiger partial charge in [0.25, 0.3) is 0 Å². The van der Waals surface area contributed by atoms with Crippen molar-refractivity contribution in [2.24, 2.45) is 17.3 Å². The number of hydrogen-bond acceptors (Lipinski definition) is 3. The summed E-state index contributed by atoms with van der Waals surface area (Å²) in [6, 6.07) is 0. The molecule has 18 heavy (non-hydrogen) atoms. The summed E-state index contributed by atoms with van der Waals surface area (Å²) in [5, 5.41) is 0. The van der Waals surface area contributed by atoms with Gasteiger partial charge in [-0.25, -0.2) is 9.78 Å². The molecule has 3 aliphatic rings. The van der Waals surface area contributed by atoms with Crippen molar-refractivity contribution in [2.75, 3.05) is 0 Å². The van der Waals surface area contributed by atoms with E-state index < -0.39 is 0 Å². The molecule has 1 saturated carbocycles. The van der Waals surface area contributed by atoms with Gasteiger partial charge in [-0.2, -0.15) is 0 Å². The van der Waals surface area contributed by atoms with Gasteiger partial charge in [-0.15, -0.1) is 0 Å². The van der Waals surface area contributed by atoms with Gasteiger partial charge < -0.3 is 0 Å². The van der Waals surface area contributed by atoms with Crippen LogP contribution in [0.5, 0.6) is 0 Å². The van der Waals surface area contributed by atoms with E-state index in [4.69, 9.17) is 9.78 Å². The number of rotatable bonds is 0. The largest absolute Gasteiger partial charge is 0.294 e. The average molecular weight is 250 g/mol. The van der Waals surface area contributed by atoms with Crippen molar-refractivity contribution in [2.45, 2.75) is 58.7 Å². The van der Waals surface area contributed by atoms with Crippen LogP contribution in [0, 0.1) is 17.3 Å². The predicted octanol–water partition coefficient (Wildman–Crippen LogP) is 3.05. The first kappa shape index (κ1) is 12.4. The molecule has 2 fully saturated rings. The first-order valence-corrected chi connectivity index (χ1v) is 6.95. The molecule has 2 aliphatic carbocycles. The molecule has 100 valence electrons. The molecule has 1 saturated heterocycles. The summed E-state index contributed by atoms with van der Waals surface area (Å²) in [5.74, 6) is 1.02. The minimum atomic E-state index is -0.315. The van der Waals surface area contributed by atoms with E-state index in [0.717, 1.165) is 18.4 Å². The fourth-order valence-corrected chi connectivity index (χ4v) is 4.44. The van der Waals surface area contributed by atoms with Gasteiger partial charge in [-0.3, -0.25) is 4.79 Å². The molecule has 3 rings (SSSR count). The molecule has 0 aromatic heterocycles. The maximum absolute atomic E-state index is 12.3. The van der Waals surface area contributed by atoms with Crippen LogP contribution < -0.4 is 0 Å². The van der Waals surface area contributed by atoms with E-state index in [1.165, 1.54) is 0 Å². The van der Waals surface area contributed by atoms with Crippen molar-refractivity contribution in [3.63, 3.8) is 0 Å². The van der Waals surface area contributed by atoms with Crippen LogP contribution in [0.4, 0.5) is 0 Å². The number of allylic oxidation sites excluding steroid dienone is 2. The highest BCUT2D eigenvalue weighted by atomic mass is 17.2. The Kier molecular flexibility index (Phi) is 2.52. The van der Waals surface area contributed by atoms with Crippen molar-refractivity contribution < 1.29 is 14.6 Å². The van der Waals surface area contributed by atoms with Crippen LogP contribution in [0.2, 0.25) is 0 Å². The van der Waals surface area contributed by atoms with E-state index in [9.17, 15) is 4.79 Å². The topological polar surface area (TPSA) is 35.5 Å². The fourth-order valence-electron chi connectivity index (χ4n) is 4.44. The third kappa shape index (κ3) is 1.41. The van der Waals surface area contributed by atoms with Crippen LogP contribution in [0.3, 0.4) is 0 Å². The summed E-state index contributed by atoms with van der Waals surface area (Å²) in [6.45, 7) is 8.66. The van der Waals surface area contributed by atoms with Gasteiger partial charge >= 0.3 is 0 Å². The smallest absolute Gasteiger partial charge is 0.161 e. The standard InChI is InChI=1S/C15H22O3/c1-9-6-5-7-10-11(16)8-12-13(15(9,10)4)14(2,3)18-17-12/h7,9,12-13H,5-6,8H2,1-4H3/t9-,12-,13-,15-/m0/s1. The van der Waals surface area contributed by atoms with Gasteiger partial charge in [-0.05, 0) is 38.2 Å². The molecule has 0 amide bonds. The Morgan fingerprint density at radius 2 is 2.06 bits per heavy atom. The van der Waals surface area contributed by atoms with Gasteiger partial charge in [0.15, 0.2) is 5.78 Å². The lowest BCUT2D eigenvalue weighted by molar-refractivity contribution is -0.318. The van der Waals surface area contributed by atoms with Crippen molar-refractivity contribution in [3.8, 4) is 0 Å². The lowest BCUT2D eigenvalue weighted by Crippen LogP contribution is -2.54. The third-order valence-corrected chi connectivity index (χ3v) is 5.39. The minimum absolute atomic E-state index is 0.0739. The zero-order valence-electron chi connectivity index (χ0n) is 11.7. The zero-order valence-corrected chi connectivity index (χ0v) is 11.7. The monoisotopic (exact) mass is 250 g/mol. The number of Topliss-reactive ketones (excluding diaryl/α,β-unsaturated/α-hetero) is 1. The lowest BCUT2D eigenvalue weighted by atomic mass is 9.51. The number of fused-ring (bicyclic) bond motifs is 3. The highest BCUT2D eigenvalue weighted by molar-refractivity contribution is 5.98. The summed E-state index contributed by atoms with van der Waals surface area (Å²) in [5.41, 5.74) is 0.618. The Morgan fingerprint density at radius 3 is 2.78 bits per heavy atom. The second kappa shape index (κ2) is 3.67.